The molecule has 2 atom stereocenters. The highest BCUT2D eigenvalue weighted by Gasteiger charge is 2.23. The lowest BCUT2D eigenvalue weighted by Crippen LogP contribution is -2.31. The van der Waals surface area contributed by atoms with Gasteiger partial charge in [0.1, 0.15) is 0 Å². The molecule has 1 aromatic rings. The summed E-state index contributed by atoms with van der Waals surface area (Å²) in [6.07, 6.45) is 5.36. The molecule has 0 aliphatic heterocycles. The zero-order valence-electron chi connectivity index (χ0n) is 9.92. The maximum Gasteiger partial charge on any atom is 0.0931 e. The van der Waals surface area contributed by atoms with Crippen molar-refractivity contribution in [2.45, 2.75) is 32.2 Å². The molecule has 17 heavy (non-hydrogen) atoms. The largest absolute Gasteiger partial charge is 0.312 e. The number of nitrogens with one attached hydrogen (secondary N) is 1. The Morgan fingerprint density at radius 1 is 1.24 bits per heavy atom. The topological polar surface area (TPSA) is 12.0 Å². The fourth-order valence-corrected chi connectivity index (χ4v) is 4.05. The predicted octanol–water partition coefficient (Wildman–Crippen LogP) is 4.54. The molecule has 2 rings (SSSR count). The number of alkyl halides is 1. The highest BCUT2D eigenvalue weighted by molar-refractivity contribution is 7.16. The van der Waals surface area contributed by atoms with Crippen LogP contribution in [0.4, 0.5) is 0 Å². The second-order valence-corrected chi connectivity index (χ2v) is 6.90. The van der Waals surface area contributed by atoms with E-state index in [-0.39, 0.29) is 0 Å². The lowest BCUT2D eigenvalue weighted by molar-refractivity contribution is 0.251. The number of hydrogen-bond acceptors (Lipinski definition) is 2. The molecule has 2 unspecified atom stereocenters. The van der Waals surface area contributed by atoms with Crippen molar-refractivity contribution in [1.29, 1.82) is 0 Å². The van der Waals surface area contributed by atoms with E-state index < -0.39 is 0 Å². The van der Waals surface area contributed by atoms with Crippen LogP contribution in [0.3, 0.4) is 0 Å². The molecule has 1 nitrogen and oxygen atoms in total. The smallest absolute Gasteiger partial charge is 0.0931 e. The summed E-state index contributed by atoms with van der Waals surface area (Å²) >= 11 is 13.6. The molecule has 0 amide bonds. The third-order valence-corrected chi connectivity index (χ3v) is 5.23. The average Bonchev–Trinajstić information content (AvgIpc) is 2.76. The van der Waals surface area contributed by atoms with Gasteiger partial charge in [0.25, 0.3) is 0 Å². The number of hydrogen-bond donors (Lipinski definition) is 1. The van der Waals surface area contributed by atoms with E-state index in [0.717, 1.165) is 29.2 Å². The average molecular weight is 292 g/mol. The van der Waals surface area contributed by atoms with Gasteiger partial charge >= 0.3 is 0 Å². The Labute approximate surface area is 118 Å². The minimum Gasteiger partial charge on any atom is -0.312 e. The van der Waals surface area contributed by atoms with E-state index >= 15 is 0 Å². The molecule has 1 aromatic heterocycles. The van der Waals surface area contributed by atoms with Crippen molar-refractivity contribution in [3.05, 3.63) is 21.3 Å². The third-order valence-electron chi connectivity index (χ3n) is 3.60. The summed E-state index contributed by atoms with van der Waals surface area (Å²) in [6, 6.07) is 4.06. The Morgan fingerprint density at radius 2 is 2.00 bits per heavy atom. The summed E-state index contributed by atoms with van der Waals surface area (Å²) in [5.74, 6) is 2.29. The molecule has 0 bridgehead atoms. The first-order valence-electron chi connectivity index (χ1n) is 6.30. The van der Waals surface area contributed by atoms with Crippen LogP contribution < -0.4 is 5.32 Å². The second-order valence-electron chi connectivity index (χ2n) is 4.80. The molecule has 96 valence electrons. The first kappa shape index (κ1) is 13.7. The van der Waals surface area contributed by atoms with Crippen LogP contribution in [-0.2, 0) is 6.54 Å². The number of thiophene rings is 1. The number of halogens is 2. The van der Waals surface area contributed by atoms with Crippen molar-refractivity contribution in [3.63, 3.8) is 0 Å². The van der Waals surface area contributed by atoms with Crippen LogP contribution in [0.1, 0.15) is 30.6 Å². The minimum absolute atomic E-state index is 0.713. The van der Waals surface area contributed by atoms with Gasteiger partial charge in [-0.25, -0.2) is 0 Å². The molecule has 4 heteroatoms. The van der Waals surface area contributed by atoms with Crippen LogP contribution in [0.5, 0.6) is 0 Å². The van der Waals surface area contributed by atoms with E-state index in [1.807, 2.05) is 6.07 Å². The SMILES string of the molecule is ClCC1CCCCC1CNCc1ccc(Cl)s1. The molecule has 0 aromatic carbocycles. The van der Waals surface area contributed by atoms with Crippen molar-refractivity contribution >= 4 is 34.5 Å². The van der Waals surface area contributed by atoms with Gasteiger partial charge in [-0.1, -0.05) is 24.4 Å². The van der Waals surface area contributed by atoms with E-state index in [1.54, 1.807) is 11.3 Å². The molecule has 1 fully saturated rings. The molecule has 1 aliphatic carbocycles. The highest BCUT2D eigenvalue weighted by atomic mass is 35.5. The predicted molar refractivity (Wildman–Crippen MR) is 77.2 cm³/mol. The zero-order valence-corrected chi connectivity index (χ0v) is 12.3. The van der Waals surface area contributed by atoms with Gasteiger partial charge in [0.05, 0.1) is 4.34 Å². The van der Waals surface area contributed by atoms with Gasteiger partial charge < -0.3 is 5.32 Å². The summed E-state index contributed by atoms with van der Waals surface area (Å²) in [6.45, 7) is 2.02. The summed E-state index contributed by atoms with van der Waals surface area (Å²) in [5, 5.41) is 3.54. The van der Waals surface area contributed by atoms with E-state index in [2.05, 4.69) is 11.4 Å². The maximum absolute atomic E-state index is 6.03. The normalized spacial score (nSPS) is 25.1. The van der Waals surface area contributed by atoms with Crippen molar-refractivity contribution < 1.29 is 0 Å². The molecule has 1 aliphatic rings. The standard InChI is InChI=1S/C13H19Cl2NS/c14-7-10-3-1-2-4-11(10)8-16-9-12-5-6-13(15)17-12/h5-6,10-11,16H,1-4,7-9H2. The van der Waals surface area contributed by atoms with Gasteiger partial charge in [-0.05, 0) is 43.4 Å². The van der Waals surface area contributed by atoms with Gasteiger partial charge in [0, 0.05) is 17.3 Å². The Balaban J connectivity index is 1.73. The van der Waals surface area contributed by atoms with Gasteiger partial charge in [-0.2, -0.15) is 0 Å². The summed E-state index contributed by atoms with van der Waals surface area (Å²) < 4.78 is 0.873. The lowest BCUT2D eigenvalue weighted by Gasteiger charge is -2.30. The summed E-state index contributed by atoms with van der Waals surface area (Å²) in [7, 11) is 0. The van der Waals surface area contributed by atoms with Crippen LogP contribution in [0.2, 0.25) is 4.34 Å². The van der Waals surface area contributed by atoms with Gasteiger partial charge in [0.15, 0.2) is 0 Å². The van der Waals surface area contributed by atoms with Gasteiger partial charge in [-0.3, -0.25) is 0 Å². The molecule has 0 spiro atoms. The Bertz CT molecular complexity index is 340. The first-order chi connectivity index (χ1) is 8.29. The second kappa shape index (κ2) is 6.98. The summed E-state index contributed by atoms with van der Waals surface area (Å²) in [5.41, 5.74) is 0. The quantitative estimate of drug-likeness (QED) is 0.786. The molecule has 1 saturated carbocycles. The summed E-state index contributed by atoms with van der Waals surface area (Å²) in [4.78, 5) is 1.31. The molecule has 0 saturated heterocycles. The monoisotopic (exact) mass is 291 g/mol. The van der Waals surface area contributed by atoms with Crippen LogP contribution in [0.15, 0.2) is 12.1 Å². The zero-order chi connectivity index (χ0) is 12.1. The molecule has 1 N–H and O–H groups in total. The molecule has 1 heterocycles. The van der Waals surface area contributed by atoms with Crippen molar-refractivity contribution in [1.82, 2.24) is 5.32 Å². The Morgan fingerprint density at radius 3 is 2.65 bits per heavy atom. The number of rotatable bonds is 5. The molecular formula is C13H19Cl2NS. The highest BCUT2D eigenvalue weighted by Crippen LogP contribution is 2.30. The van der Waals surface area contributed by atoms with Crippen molar-refractivity contribution in [3.8, 4) is 0 Å². The fraction of sp³-hybridized carbons (Fsp3) is 0.692. The minimum atomic E-state index is 0.713. The van der Waals surface area contributed by atoms with Crippen LogP contribution >= 0.6 is 34.5 Å². The van der Waals surface area contributed by atoms with E-state index in [4.69, 9.17) is 23.2 Å². The van der Waals surface area contributed by atoms with E-state index in [9.17, 15) is 0 Å². The van der Waals surface area contributed by atoms with Crippen LogP contribution in [0.25, 0.3) is 0 Å². The van der Waals surface area contributed by atoms with Crippen molar-refractivity contribution in [2.75, 3.05) is 12.4 Å². The maximum atomic E-state index is 6.03. The van der Waals surface area contributed by atoms with Crippen LogP contribution in [0, 0.1) is 11.8 Å². The molecular weight excluding hydrogens is 273 g/mol. The lowest BCUT2D eigenvalue weighted by atomic mass is 9.80. The molecule has 0 radical (unpaired) electrons. The first-order valence-corrected chi connectivity index (χ1v) is 8.03. The third kappa shape index (κ3) is 4.13. The Kier molecular flexibility index (Phi) is 5.61. The Hall–Kier alpha value is 0.240. The van der Waals surface area contributed by atoms with Gasteiger partial charge in [-0.15, -0.1) is 22.9 Å². The van der Waals surface area contributed by atoms with E-state index in [1.165, 1.54) is 30.6 Å². The van der Waals surface area contributed by atoms with E-state index in [0.29, 0.717) is 5.92 Å². The van der Waals surface area contributed by atoms with Crippen molar-refractivity contribution in [2.24, 2.45) is 11.8 Å². The van der Waals surface area contributed by atoms with Crippen LogP contribution in [-0.4, -0.2) is 12.4 Å². The fourth-order valence-electron chi connectivity index (χ4n) is 2.58. The van der Waals surface area contributed by atoms with Gasteiger partial charge in [0.2, 0.25) is 0 Å².